The number of hydrogen-bond donors (Lipinski definition) is 1. The molecule has 25 heavy (non-hydrogen) atoms. The van der Waals surface area contributed by atoms with Crippen LogP contribution in [0.3, 0.4) is 0 Å². The highest BCUT2D eigenvalue weighted by Gasteiger charge is 2.20. The summed E-state index contributed by atoms with van der Waals surface area (Å²) in [6, 6.07) is 3.23. The van der Waals surface area contributed by atoms with E-state index in [9.17, 15) is 13.2 Å². The van der Waals surface area contributed by atoms with Crippen molar-refractivity contribution in [3.8, 4) is 0 Å². The Morgan fingerprint density at radius 1 is 1.24 bits per heavy atom. The van der Waals surface area contributed by atoms with Crippen LogP contribution in [-0.2, 0) is 14.8 Å². The number of amides is 1. The van der Waals surface area contributed by atoms with Crippen molar-refractivity contribution >= 4 is 21.6 Å². The number of sulfonamides is 1. The molecule has 0 radical (unpaired) electrons. The summed E-state index contributed by atoms with van der Waals surface area (Å²) in [5.41, 5.74) is 3.35. The Kier molecular flexibility index (Phi) is 7.19. The van der Waals surface area contributed by atoms with Gasteiger partial charge in [0.2, 0.25) is 15.9 Å². The Morgan fingerprint density at radius 2 is 1.84 bits per heavy atom. The molecule has 0 aromatic heterocycles. The Balaban J connectivity index is 3.05. The van der Waals surface area contributed by atoms with Crippen LogP contribution < -0.4 is 5.32 Å². The predicted octanol–water partition coefficient (Wildman–Crippen LogP) is 2.39. The van der Waals surface area contributed by atoms with E-state index in [-0.39, 0.29) is 17.3 Å². The van der Waals surface area contributed by atoms with E-state index < -0.39 is 10.0 Å². The maximum Gasteiger partial charge on any atom is 0.242 e. The Bertz CT molecular complexity index is 755. The van der Waals surface area contributed by atoms with E-state index in [2.05, 4.69) is 11.9 Å². The molecule has 7 heteroatoms. The summed E-state index contributed by atoms with van der Waals surface area (Å²) in [6.45, 7) is 12.6. The van der Waals surface area contributed by atoms with Crippen molar-refractivity contribution in [3.63, 3.8) is 0 Å². The highest BCUT2D eigenvalue weighted by molar-refractivity contribution is 7.89. The maximum absolute atomic E-state index is 12.4. The van der Waals surface area contributed by atoms with E-state index in [4.69, 9.17) is 0 Å². The van der Waals surface area contributed by atoms with Crippen molar-refractivity contribution in [2.75, 3.05) is 39.0 Å². The predicted molar refractivity (Wildman–Crippen MR) is 102 cm³/mol. The largest absolute Gasteiger partial charge is 0.376 e. The minimum Gasteiger partial charge on any atom is -0.376 e. The molecular formula is C18H29N3O3S. The van der Waals surface area contributed by atoms with E-state index in [1.807, 2.05) is 27.7 Å². The van der Waals surface area contributed by atoms with Crippen LogP contribution in [0.25, 0.3) is 0 Å². The molecule has 1 aromatic carbocycles. The lowest BCUT2D eigenvalue weighted by Crippen LogP contribution is -2.36. The summed E-state index contributed by atoms with van der Waals surface area (Å²) in [6.07, 6.45) is 0. The topological polar surface area (TPSA) is 69.7 Å². The number of benzene rings is 1. The van der Waals surface area contributed by atoms with Crippen LogP contribution in [0.1, 0.15) is 25.0 Å². The number of aryl methyl sites for hydroxylation is 1. The summed E-state index contributed by atoms with van der Waals surface area (Å²) >= 11 is 0. The van der Waals surface area contributed by atoms with Crippen LogP contribution in [0, 0.1) is 13.8 Å². The first-order chi connectivity index (χ1) is 11.5. The van der Waals surface area contributed by atoms with Crippen LogP contribution in [0.5, 0.6) is 0 Å². The number of rotatable bonds is 8. The third-order valence-electron chi connectivity index (χ3n) is 4.04. The average Bonchev–Trinajstić information content (AvgIpc) is 2.52. The van der Waals surface area contributed by atoms with E-state index in [1.54, 1.807) is 17.0 Å². The van der Waals surface area contributed by atoms with Crippen molar-refractivity contribution in [3.05, 3.63) is 35.4 Å². The second-order valence-corrected chi connectivity index (χ2v) is 8.57. The Morgan fingerprint density at radius 3 is 2.32 bits per heavy atom. The number of nitrogens with zero attached hydrogens (tertiary/aromatic N) is 2. The van der Waals surface area contributed by atoms with E-state index >= 15 is 0 Å². The summed E-state index contributed by atoms with van der Waals surface area (Å²) in [7, 11) is -0.532. The molecular weight excluding hydrogens is 338 g/mol. The van der Waals surface area contributed by atoms with Gasteiger partial charge in [-0.2, -0.15) is 0 Å². The molecule has 0 aliphatic carbocycles. The third kappa shape index (κ3) is 5.31. The number of carbonyl (C=O) groups excluding carboxylic acids is 1. The Hall–Kier alpha value is -1.86. The fourth-order valence-electron chi connectivity index (χ4n) is 2.35. The minimum absolute atomic E-state index is 0.0524. The van der Waals surface area contributed by atoms with Gasteiger partial charge < -0.3 is 10.2 Å². The normalized spacial score (nSPS) is 11.5. The number of hydrogen-bond acceptors (Lipinski definition) is 4. The molecule has 0 aliphatic rings. The molecule has 140 valence electrons. The maximum atomic E-state index is 12.4. The number of carbonyl (C=O) groups is 1. The third-order valence-corrected chi connectivity index (χ3v) is 5.84. The smallest absolute Gasteiger partial charge is 0.242 e. The molecule has 0 fully saturated rings. The first-order valence-corrected chi connectivity index (χ1v) is 9.64. The molecule has 6 nitrogen and oxygen atoms in total. The molecule has 0 spiro atoms. The van der Waals surface area contributed by atoms with Crippen LogP contribution >= 0.6 is 0 Å². The number of anilines is 1. The highest BCUT2D eigenvalue weighted by atomic mass is 32.2. The van der Waals surface area contributed by atoms with E-state index in [0.29, 0.717) is 18.8 Å². The number of likely N-dealkylation sites (N-methyl/N-ethyl adjacent to an activating group) is 1. The SMILES string of the molecule is C=C(C)CN(CC)C(=O)CNc1cc(S(=O)(=O)N(C)C)cc(C)c1C. The van der Waals surface area contributed by atoms with Crippen molar-refractivity contribution in [2.45, 2.75) is 32.6 Å². The van der Waals surface area contributed by atoms with Gasteiger partial charge in [0.05, 0.1) is 11.4 Å². The molecule has 1 rings (SSSR count). The fourth-order valence-corrected chi connectivity index (χ4v) is 3.37. The van der Waals surface area contributed by atoms with Gasteiger partial charge in [-0.3, -0.25) is 4.79 Å². The van der Waals surface area contributed by atoms with Crippen molar-refractivity contribution < 1.29 is 13.2 Å². The molecule has 0 saturated heterocycles. The second-order valence-electron chi connectivity index (χ2n) is 6.42. The van der Waals surface area contributed by atoms with Gasteiger partial charge in [-0.15, -0.1) is 0 Å². The standard InChI is InChI=1S/C18H29N3O3S/c1-8-21(12-13(2)3)18(22)11-19-17-10-16(9-14(4)15(17)5)25(23,24)20(6)7/h9-10,19H,2,8,11-12H2,1,3-7H3. The molecule has 1 N–H and O–H groups in total. The van der Waals surface area contributed by atoms with Crippen LogP contribution in [0.2, 0.25) is 0 Å². The van der Waals surface area contributed by atoms with Gasteiger partial charge in [0.1, 0.15) is 0 Å². The van der Waals surface area contributed by atoms with Crippen molar-refractivity contribution in [1.29, 1.82) is 0 Å². The molecule has 0 aliphatic heterocycles. The lowest BCUT2D eigenvalue weighted by Gasteiger charge is -2.22. The van der Waals surface area contributed by atoms with E-state index in [0.717, 1.165) is 16.7 Å². The quantitative estimate of drug-likeness (QED) is 0.716. The zero-order valence-electron chi connectivity index (χ0n) is 16.0. The van der Waals surface area contributed by atoms with Crippen LogP contribution in [0.4, 0.5) is 5.69 Å². The van der Waals surface area contributed by atoms with E-state index in [1.165, 1.54) is 18.4 Å². The number of nitrogens with one attached hydrogen (secondary N) is 1. The zero-order chi connectivity index (χ0) is 19.4. The van der Waals surface area contributed by atoms with Crippen LogP contribution in [-0.4, -0.2) is 57.3 Å². The minimum atomic E-state index is -3.53. The zero-order valence-corrected chi connectivity index (χ0v) is 16.8. The summed E-state index contributed by atoms with van der Waals surface area (Å²) in [5.74, 6) is -0.0524. The molecule has 0 unspecified atom stereocenters. The first kappa shape index (κ1) is 21.2. The average molecular weight is 368 g/mol. The van der Waals surface area contributed by atoms with Gasteiger partial charge in [-0.25, -0.2) is 12.7 Å². The van der Waals surface area contributed by atoms with Gasteiger partial charge in [-0.05, 0) is 51.0 Å². The Labute approximate surface area is 151 Å². The monoisotopic (exact) mass is 367 g/mol. The van der Waals surface area contributed by atoms with Crippen LogP contribution in [0.15, 0.2) is 29.2 Å². The lowest BCUT2D eigenvalue weighted by molar-refractivity contribution is -0.128. The molecule has 0 heterocycles. The lowest BCUT2D eigenvalue weighted by atomic mass is 10.1. The summed E-state index contributed by atoms with van der Waals surface area (Å²) in [5, 5.41) is 3.09. The molecule has 0 atom stereocenters. The molecule has 1 aromatic rings. The summed E-state index contributed by atoms with van der Waals surface area (Å²) < 4.78 is 25.9. The van der Waals surface area contributed by atoms with Gasteiger partial charge in [0.25, 0.3) is 0 Å². The first-order valence-electron chi connectivity index (χ1n) is 8.20. The van der Waals surface area contributed by atoms with Crippen molar-refractivity contribution in [1.82, 2.24) is 9.21 Å². The molecule has 0 bridgehead atoms. The second kappa shape index (κ2) is 8.49. The van der Waals surface area contributed by atoms with Gasteiger partial charge in [-0.1, -0.05) is 12.2 Å². The van der Waals surface area contributed by atoms with Gasteiger partial charge >= 0.3 is 0 Å². The van der Waals surface area contributed by atoms with Gasteiger partial charge in [0, 0.05) is 32.9 Å². The molecule has 0 saturated carbocycles. The molecule has 1 amide bonds. The van der Waals surface area contributed by atoms with Gasteiger partial charge in [0.15, 0.2) is 0 Å². The summed E-state index contributed by atoms with van der Waals surface area (Å²) in [4.78, 5) is 14.3. The van der Waals surface area contributed by atoms with Crippen molar-refractivity contribution in [2.24, 2.45) is 0 Å². The fraction of sp³-hybridized carbons (Fsp3) is 0.500. The highest BCUT2D eigenvalue weighted by Crippen LogP contribution is 2.25.